The fraction of sp³-hybridized carbons (Fsp3) is 0.691. The molecule has 0 aromatic rings. The molecule has 0 bridgehead atoms. The second-order valence-corrected chi connectivity index (χ2v) is 17.9. The van der Waals surface area contributed by atoms with Gasteiger partial charge in [0, 0.05) is 6.42 Å². The summed E-state index contributed by atoms with van der Waals surface area (Å²) in [6.45, 7) is 2.59. The molecule has 0 aromatic heterocycles. The zero-order valence-corrected chi connectivity index (χ0v) is 41.8. The molecular weight excluding hydrogens is 883 g/mol. The van der Waals surface area contributed by atoms with E-state index in [2.05, 4.69) is 104 Å². The lowest BCUT2D eigenvalue weighted by molar-refractivity contribution is -0.359. The zero-order valence-electron chi connectivity index (χ0n) is 41.8. The zero-order chi connectivity index (χ0) is 50.3. The van der Waals surface area contributed by atoms with Gasteiger partial charge in [0.15, 0.2) is 12.6 Å². The number of rotatable bonds is 38. The minimum Gasteiger partial charge on any atom is -0.394 e. The lowest BCUT2D eigenvalue weighted by Crippen LogP contribution is -2.65. The molecule has 2 aliphatic heterocycles. The van der Waals surface area contributed by atoms with E-state index >= 15 is 0 Å². The van der Waals surface area contributed by atoms with Crippen molar-refractivity contribution in [2.75, 3.05) is 19.8 Å². The van der Waals surface area contributed by atoms with Crippen LogP contribution in [0.4, 0.5) is 0 Å². The van der Waals surface area contributed by atoms with Crippen molar-refractivity contribution in [1.29, 1.82) is 0 Å². The molecule has 0 saturated carbocycles. The quantitative estimate of drug-likeness (QED) is 0.0222. The van der Waals surface area contributed by atoms with Crippen molar-refractivity contribution in [2.24, 2.45) is 0 Å². The number of hydrogen-bond acceptors (Lipinski definition) is 13. The molecule has 2 heterocycles. The Morgan fingerprint density at radius 3 is 1.59 bits per heavy atom. The van der Waals surface area contributed by atoms with Gasteiger partial charge in [0.25, 0.3) is 0 Å². The Kier molecular flexibility index (Phi) is 36.4. The Balaban J connectivity index is 1.89. The fourth-order valence-electron chi connectivity index (χ4n) is 7.76. The fourth-order valence-corrected chi connectivity index (χ4v) is 7.76. The molecule has 69 heavy (non-hydrogen) atoms. The van der Waals surface area contributed by atoms with Gasteiger partial charge in [-0.15, -0.1) is 0 Å². The van der Waals surface area contributed by atoms with Crippen LogP contribution in [-0.2, 0) is 23.7 Å². The lowest BCUT2D eigenvalue weighted by atomic mass is 9.97. The summed E-state index contributed by atoms with van der Waals surface area (Å²) in [6.07, 6.45) is 37.3. The third-order valence-corrected chi connectivity index (χ3v) is 12.0. The summed E-state index contributed by atoms with van der Waals surface area (Å²) in [6, 6.07) is -0.961. The molecule has 14 nitrogen and oxygen atoms in total. The van der Waals surface area contributed by atoms with Crippen LogP contribution >= 0.6 is 0 Å². The van der Waals surface area contributed by atoms with Crippen molar-refractivity contribution in [2.45, 2.75) is 222 Å². The summed E-state index contributed by atoms with van der Waals surface area (Å²) in [7, 11) is 0. The Hall–Kier alpha value is -3.09. The van der Waals surface area contributed by atoms with Gasteiger partial charge in [-0.1, -0.05) is 150 Å². The predicted molar refractivity (Wildman–Crippen MR) is 272 cm³/mol. The number of unbranched alkanes of at least 4 members (excludes halogenated alkanes) is 11. The molecule has 394 valence electrons. The SMILES string of the molecule is CC/C=C\C/C=C\C/C=C\C/C=C\C/C=C\CCCCCC(=O)NC(COC1OC(CO)C(OC2OC(CO)C(O)C(O)C2O)C(O)C1O)C(O)/C=C/CC/C=C/CC/C=C/CCCCCCCC. The van der Waals surface area contributed by atoms with Crippen LogP contribution in [0.25, 0.3) is 0 Å². The van der Waals surface area contributed by atoms with Gasteiger partial charge >= 0.3 is 0 Å². The maximum absolute atomic E-state index is 13.2. The highest BCUT2D eigenvalue weighted by Crippen LogP contribution is 2.30. The van der Waals surface area contributed by atoms with Crippen LogP contribution in [0.15, 0.2) is 97.2 Å². The van der Waals surface area contributed by atoms with Gasteiger partial charge in [0.2, 0.25) is 5.91 Å². The van der Waals surface area contributed by atoms with Crippen molar-refractivity contribution in [1.82, 2.24) is 5.32 Å². The number of carbonyl (C=O) groups is 1. The van der Waals surface area contributed by atoms with Gasteiger partial charge in [-0.2, -0.15) is 0 Å². The minimum atomic E-state index is -1.80. The highest BCUT2D eigenvalue weighted by Gasteiger charge is 2.51. The smallest absolute Gasteiger partial charge is 0.220 e. The summed E-state index contributed by atoms with van der Waals surface area (Å²) in [5, 5.41) is 86.7. The molecule has 0 radical (unpaired) electrons. The number of ether oxygens (including phenoxy) is 4. The summed E-state index contributed by atoms with van der Waals surface area (Å²) in [4.78, 5) is 13.2. The average Bonchev–Trinajstić information content (AvgIpc) is 3.35. The van der Waals surface area contributed by atoms with Gasteiger partial charge in [-0.3, -0.25) is 4.79 Å². The van der Waals surface area contributed by atoms with Gasteiger partial charge < -0.3 is 65.1 Å². The predicted octanol–water partition coefficient (Wildman–Crippen LogP) is 7.15. The largest absolute Gasteiger partial charge is 0.394 e. The summed E-state index contributed by atoms with van der Waals surface area (Å²) in [5.41, 5.74) is 0. The van der Waals surface area contributed by atoms with E-state index in [-0.39, 0.29) is 18.9 Å². The van der Waals surface area contributed by atoms with E-state index < -0.39 is 86.8 Å². The molecule has 12 unspecified atom stereocenters. The van der Waals surface area contributed by atoms with Crippen molar-refractivity contribution in [3.63, 3.8) is 0 Å². The Morgan fingerprint density at radius 2 is 1.01 bits per heavy atom. The highest BCUT2D eigenvalue weighted by molar-refractivity contribution is 5.76. The van der Waals surface area contributed by atoms with E-state index in [1.165, 1.54) is 38.5 Å². The van der Waals surface area contributed by atoms with Crippen LogP contribution in [0, 0.1) is 0 Å². The molecule has 2 aliphatic rings. The van der Waals surface area contributed by atoms with Gasteiger partial charge in [0.1, 0.15) is 48.8 Å². The second-order valence-electron chi connectivity index (χ2n) is 17.9. The van der Waals surface area contributed by atoms with E-state index in [1.807, 2.05) is 6.08 Å². The number of hydrogen-bond donors (Lipinski definition) is 9. The number of carbonyl (C=O) groups excluding carboxylic acids is 1. The molecule has 0 aliphatic carbocycles. The first-order chi connectivity index (χ1) is 33.6. The topological polar surface area (TPSA) is 228 Å². The van der Waals surface area contributed by atoms with Crippen LogP contribution in [0.2, 0.25) is 0 Å². The summed E-state index contributed by atoms with van der Waals surface area (Å²) < 4.78 is 22.7. The maximum atomic E-state index is 13.2. The standard InChI is InChI=1S/C55H91NO13/c1-3-5-7-9-11-13-15-17-19-21-22-23-25-27-29-31-33-35-37-39-47(60)56-43(44(59)38-36-34-32-30-28-26-24-20-18-16-14-12-10-8-6-4-2)42-66-54-52(65)50(63)53(46(41-58)68-54)69-55-51(64)49(62)48(61)45(40-57)67-55/h5,7,11,13,17-20,22-23,27-30,36,38,43-46,48-55,57-59,61-65H,3-4,6,8-10,12,14-16,21,24-26,31-35,37,39-42H2,1-2H3,(H,56,60)/b7-5-,13-11-,19-17-,20-18+,23-22-,29-27-,30-28+,38-36+. The van der Waals surface area contributed by atoms with E-state index in [1.54, 1.807) is 6.08 Å². The molecule has 2 fully saturated rings. The summed E-state index contributed by atoms with van der Waals surface area (Å²) in [5.74, 6) is -0.291. The Morgan fingerprint density at radius 1 is 0.536 bits per heavy atom. The number of aliphatic hydroxyl groups excluding tert-OH is 8. The number of amides is 1. The molecule has 14 heteroatoms. The molecular formula is C55H91NO13. The first kappa shape index (κ1) is 62.0. The van der Waals surface area contributed by atoms with Crippen LogP contribution in [0.1, 0.15) is 149 Å². The van der Waals surface area contributed by atoms with Crippen molar-refractivity contribution in [3.05, 3.63) is 97.2 Å². The third kappa shape index (κ3) is 27.4. The first-order valence-electron chi connectivity index (χ1n) is 26.0. The minimum absolute atomic E-state index is 0.225. The molecule has 9 N–H and O–H groups in total. The molecule has 0 aromatic carbocycles. The Labute approximate surface area is 413 Å². The van der Waals surface area contributed by atoms with Gasteiger partial charge in [0.05, 0.1) is 32.0 Å². The second kappa shape index (κ2) is 40.5. The highest BCUT2D eigenvalue weighted by atomic mass is 16.7. The van der Waals surface area contributed by atoms with E-state index in [0.29, 0.717) is 12.8 Å². The normalized spacial score (nSPS) is 27.0. The number of nitrogens with one attached hydrogen (secondary N) is 1. The van der Waals surface area contributed by atoms with E-state index in [4.69, 9.17) is 18.9 Å². The van der Waals surface area contributed by atoms with E-state index in [9.17, 15) is 45.6 Å². The van der Waals surface area contributed by atoms with Crippen LogP contribution in [0.5, 0.6) is 0 Å². The molecule has 2 rings (SSSR count). The third-order valence-electron chi connectivity index (χ3n) is 12.0. The number of allylic oxidation sites excluding steroid dienone is 15. The average molecular weight is 974 g/mol. The monoisotopic (exact) mass is 974 g/mol. The molecule has 2 saturated heterocycles. The van der Waals surface area contributed by atoms with Crippen molar-refractivity contribution in [3.8, 4) is 0 Å². The maximum Gasteiger partial charge on any atom is 0.220 e. The molecule has 12 atom stereocenters. The van der Waals surface area contributed by atoms with Gasteiger partial charge in [-0.25, -0.2) is 0 Å². The summed E-state index contributed by atoms with van der Waals surface area (Å²) >= 11 is 0. The van der Waals surface area contributed by atoms with Crippen LogP contribution < -0.4 is 5.32 Å². The van der Waals surface area contributed by atoms with Crippen molar-refractivity contribution >= 4 is 5.91 Å². The Bertz CT molecular complexity index is 1520. The first-order valence-corrected chi connectivity index (χ1v) is 26.0. The van der Waals surface area contributed by atoms with Gasteiger partial charge in [-0.05, 0) is 89.9 Å². The van der Waals surface area contributed by atoms with Crippen molar-refractivity contribution < 1.29 is 64.6 Å². The van der Waals surface area contributed by atoms with Crippen LogP contribution in [-0.4, -0.2) is 140 Å². The number of aliphatic hydroxyl groups is 8. The molecule has 1 amide bonds. The van der Waals surface area contributed by atoms with Crippen LogP contribution in [0.3, 0.4) is 0 Å². The molecule has 0 spiro atoms. The van der Waals surface area contributed by atoms with E-state index in [0.717, 1.165) is 77.0 Å². The lowest BCUT2D eigenvalue weighted by Gasteiger charge is -2.46.